The highest BCUT2D eigenvalue weighted by Gasteiger charge is 2.33. The first-order valence-electron chi connectivity index (χ1n) is 12.3. The normalized spacial score (nSPS) is 15.2. The second kappa shape index (κ2) is 14.6. The number of sulfonamides is 1. The van der Waals surface area contributed by atoms with E-state index in [2.05, 4.69) is 10.5 Å². The van der Waals surface area contributed by atoms with Crippen LogP contribution >= 0.6 is 0 Å². The highest BCUT2D eigenvalue weighted by Crippen LogP contribution is 2.20. The number of nitrogens with one attached hydrogen (secondary N) is 2. The third kappa shape index (κ3) is 9.62. The summed E-state index contributed by atoms with van der Waals surface area (Å²) in [4.78, 5) is 24.0. The number of rotatable bonds is 14. The summed E-state index contributed by atoms with van der Waals surface area (Å²) in [7, 11) is -4.08. The molecule has 2 rings (SSSR count). The Hall–Kier alpha value is -3.52. The van der Waals surface area contributed by atoms with Gasteiger partial charge in [0.15, 0.2) is 0 Å². The Morgan fingerprint density at radius 3 is 2.10 bits per heavy atom. The molecule has 6 N–H and O–H groups in total. The van der Waals surface area contributed by atoms with E-state index in [9.17, 15) is 28.2 Å². The fourth-order valence-corrected chi connectivity index (χ4v) is 5.54. The Morgan fingerprint density at radius 2 is 1.59 bits per heavy atom. The number of hydrogen-bond donors (Lipinski definition) is 6. The summed E-state index contributed by atoms with van der Waals surface area (Å²) in [5.74, 6) is -0.971. The van der Waals surface area contributed by atoms with Gasteiger partial charge in [-0.2, -0.15) is 4.31 Å². The van der Waals surface area contributed by atoms with Crippen molar-refractivity contribution < 1.29 is 38.5 Å². The van der Waals surface area contributed by atoms with Gasteiger partial charge in [-0.3, -0.25) is 4.79 Å². The van der Waals surface area contributed by atoms with Crippen molar-refractivity contribution in [2.75, 3.05) is 13.1 Å². The SMILES string of the molecule is CC(C)CN(C[C@@H](O)[C@H](Cc1ccccc1)NC(=O)[C@@H](NC(=O)O)[C@@H](C)O)S(=O)(=O)c1ccc(/C=N/O)cc1. The van der Waals surface area contributed by atoms with E-state index in [1.54, 1.807) is 30.3 Å². The summed E-state index contributed by atoms with van der Waals surface area (Å²) >= 11 is 0. The van der Waals surface area contributed by atoms with Gasteiger partial charge in [0.05, 0.1) is 29.4 Å². The summed E-state index contributed by atoms with van der Waals surface area (Å²) < 4.78 is 28.2. The van der Waals surface area contributed by atoms with Crippen LogP contribution in [0, 0.1) is 5.92 Å². The van der Waals surface area contributed by atoms with Crippen molar-refractivity contribution in [3.05, 3.63) is 65.7 Å². The number of aliphatic hydroxyl groups excluding tert-OH is 2. The molecule has 0 aliphatic heterocycles. The van der Waals surface area contributed by atoms with Crippen molar-refractivity contribution in [3.63, 3.8) is 0 Å². The van der Waals surface area contributed by atoms with Gasteiger partial charge < -0.3 is 31.2 Å². The summed E-state index contributed by atoms with van der Waals surface area (Å²) in [5.41, 5.74) is 1.22. The lowest BCUT2D eigenvalue weighted by molar-refractivity contribution is -0.127. The molecule has 0 aromatic heterocycles. The van der Waals surface area contributed by atoms with Crippen LogP contribution in [0.4, 0.5) is 4.79 Å². The molecule has 0 aliphatic rings. The second-order valence-corrected chi connectivity index (χ2v) is 11.5. The monoisotopic (exact) mass is 564 g/mol. The molecule has 0 heterocycles. The van der Waals surface area contributed by atoms with Crippen molar-refractivity contribution in [3.8, 4) is 0 Å². The Morgan fingerprint density at radius 1 is 0.974 bits per heavy atom. The molecule has 2 amide bonds. The Bertz CT molecular complexity index is 1200. The number of oxime groups is 1. The first-order valence-corrected chi connectivity index (χ1v) is 13.8. The lowest BCUT2D eigenvalue weighted by atomic mass is 10.00. The molecule has 214 valence electrons. The van der Waals surface area contributed by atoms with E-state index in [0.29, 0.717) is 5.56 Å². The van der Waals surface area contributed by atoms with Crippen LogP contribution in [0.25, 0.3) is 0 Å². The maximum Gasteiger partial charge on any atom is 0.405 e. The van der Waals surface area contributed by atoms with Crippen LogP contribution in [-0.4, -0.2) is 88.8 Å². The van der Waals surface area contributed by atoms with Gasteiger partial charge in [-0.1, -0.05) is 61.5 Å². The first-order chi connectivity index (χ1) is 18.3. The molecular weight excluding hydrogens is 528 g/mol. The maximum atomic E-state index is 13.5. The number of benzene rings is 2. The summed E-state index contributed by atoms with van der Waals surface area (Å²) in [6, 6.07) is 12.0. The van der Waals surface area contributed by atoms with E-state index in [1.807, 2.05) is 19.2 Å². The Kier molecular flexibility index (Phi) is 11.9. The van der Waals surface area contributed by atoms with Crippen molar-refractivity contribution in [1.82, 2.24) is 14.9 Å². The van der Waals surface area contributed by atoms with Crippen LogP contribution in [-0.2, 0) is 21.2 Å². The van der Waals surface area contributed by atoms with Crippen LogP contribution in [0.15, 0.2) is 64.6 Å². The van der Waals surface area contributed by atoms with Crippen LogP contribution < -0.4 is 10.6 Å². The van der Waals surface area contributed by atoms with E-state index in [1.165, 1.54) is 31.2 Å². The molecule has 0 radical (unpaired) electrons. The highest BCUT2D eigenvalue weighted by atomic mass is 32.2. The number of nitrogens with zero attached hydrogens (tertiary/aromatic N) is 2. The van der Waals surface area contributed by atoms with Crippen molar-refractivity contribution in [1.29, 1.82) is 0 Å². The second-order valence-electron chi connectivity index (χ2n) is 9.57. The standard InChI is InChI=1S/C26H36N4O8S/c1-17(2)15-30(39(37,38)21-11-9-20(10-12-21)14-27-36)16-23(32)22(13-19-7-5-4-6-8-19)28-25(33)24(18(3)31)29-26(34)35/h4-12,14,17-18,22-24,29,31-32,36H,13,15-16H2,1-3H3,(H,28,33)(H,34,35)/b27-14+/t18-,22+,23-,24+/m1/s1. The molecule has 12 nitrogen and oxygen atoms in total. The molecule has 13 heteroatoms. The maximum absolute atomic E-state index is 13.5. The van der Waals surface area contributed by atoms with E-state index >= 15 is 0 Å². The minimum absolute atomic E-state index is 0.0334. The lowest BCUT2D eigenvalue weighted by Gasteiger charge is -2.32. The van der Waals surface area contributed by atoms with Gasteiger partial charge in [-0.25, -0.2) is 13.2 Å². The minimum Gasteiger partial charge on any atom is -0.465 e. The molecule has 0 saturated carbocycles. The van der Waals surface area contributed by atoms with Crippen molar-refractivity contribution in [2.24, 2.45) is 11.1 Å². The fraction of sp³-hybridized carbons (Fsp3) is 0.423. The third-order valence-electron chi connectivity index (χ3n) is 5.82. The van der Waals surface area contributed by atoms with Crippen LogP contribution in [0.1, 0.15) is 31.9 Å². The third-order valence-corrected chi connectivity index (χ3v) is 7.66. The molecule has 0 unspecified atom stereocenters. The minimum atomic E-state index is -4.08. The number of carbonyl (C=O) groups is 2. The number of hydrogen-bond acceptors (Lipinski definition) is 8. The highest BCUT2D eigenvalue weighted by molar-refractivity contribution is 7.89. The molecule has 0 spiro atoms. The van der Waals surface area contributed by atoms with E-state index in [-0.39, 0.29) is 30.3 Å². The average Bonchev–Trinajstić information content (AvgIpc) is 2.87. The molecular formula is C26H36N4O8S. The number of aliphatic hydroxyl groups is 2. The van der Waals surface area contributed by atoms with Gasteiger partial charge >= 0.3 is 6.09 Å². The van der Waals surface area contributed by atoms with E-state index in [0.717, 1.165) is 16.1 Å². The smallest absolute Gasteiger partial charge is 0.405 e. The zero-order valence-electron chi connectivity index (χ0n) is 22.0. The number of carbonyl (C=O) groups excluding carboxylic acids is 1. The summed E-state index contributed by atoms with van der Waals surface area (Å²) in [6.45, 7) is 4.59. The fourth-order valence-electron chi connectivity index (χ4n) is 3.92. The van der Waals surface area contributed by atoms with Crippen LogP contribution in [0.2, 0.25) is 0 Å². The molecule has 2 aromatic rings. The predicted molar refractivity (Wildman–Crippen MR) is 144 cm³/mol. The summed E-state index contributed by atoms with van der Waals surface area (Å²) in [5, 5.41) is 46.4. The molecule has 2 aromatic carbocycles. The molecule has 0 bridgehead atoms. The first kappa shape index (κ1) is 31.7. The van der Waals surface area contributed by atoms with Crippen molar-refractivity contribution >= 4 is 28.2 Å². The predicted octanol–water partition coefficient (Wildman–Crippen LogP) is 1.25. The van der Waals surface area contributed by atoms with Gasteiger partial charge in [-0.05, 0) is 42.5 Å². The lowest BCUT2D eigenvalue weighted by Crippen LogP contribution is -2.58. The topological polar surface area (TPSA) is 189 Å². The van der Waals surface area contributed by atoms with Crippen LogP contribution in [0.5, 0.6) is 0 Å². The summed E-state index contributed by atoms with van der Waals surface area (Å²) in [6.07, 6.45) is -3.02. The molecule has 4 atom stereocenters. The van der Waals surface area contributed by atoms with Gasteiger partial charge in [0.2, 0.25) is 15.9 Å². The molecule has 0 fully saturated rings. The zero-order valence-corrected chi connectivity index (χ0v) is 22.8. The van der Waals surface area contributed by atoms with E-state index < -0.39 is 46.3 Å². The average molecular weight is 565 g/mol. The Labute approximate surface area is 228 Å². The van der Waals surface area contributed by atoms with Gasteiger partial charge in [-0.15, -0.1) is 0 Å². The molecule has 39 heavy (non-hydrogen) atoms. The quantitative estimate of drug-likeness (QED) is 0.112. The molecule has 0 aliphatic carbocycles. The number of amides is 2. The van der Waals surface area contributed by atoms with E-state index in [4.69, 9.17) is 10.3 Å². The van der Waals surface area contributed by atoms with Gasteiger partial charge in [0.25, 0.3) is 0 Å². The largest absolute Gasteiger partial charge is 0.465 e. The van der Waals surface area contributed by atoms with Gasteiger partial charge in [0.1, 0.15) is 6.04 Å². The number of carboxylic acid groups (broad SMARTS) is 1. The van der Waals surface area contributed by atoms with Gasteiger partial charge in [0, 0.05) is 13.1 Å². The molecule has 0 saturated heterocycles. The van der Waals surface area contributed by atoms with Crippen molar-refractivity contribution in [2.45, 2.75) is 56.4 Å². The zero-order chi connectivity index (χ0) is 29.2. The van der Waals surface area contributed by atoms with Crippen LogP contribution in [0.3, 0.4) is 0 Å². The Balaban J connectivity index is 2.37.